The first-order valence-electron chi connectivity index (χ1n) is 9.66. The van der Waals surface area contributed by atoms with Gasteiger partial charge in [-0.1, -0.05) is 6.07 Å². The summed E-state index contributed by atoms with van der Waals surface area (Å²) in [5, 5.41) is 26.3. The van der Waals surface area contributed by atoms with Crippen molar-refractivity contribution in [1.29, 1.82) is 5.26 Å². The van der Waals surface area contributed by atoms with Crippen LogP contribution >= 0.6 is 0 Å². The van der Waals surface area contributed by atoms with Crippen molar-refractivity contribution in [2.45, 2.75) is 32.6 Å². The highest BCUT2D eigenvalue weighted by molar-refractivity contribution is 5.93. The number of benzene rings is 1. The summed E-state index contributed by atoms with van der Waals surface area (Å²) in [6.07, 6.45) is 0.491. The smallest absolute Gasteiger partial charge is 0.338 e. The Morgan fingerprint density at radius 3 is 2.75 bits per heavy atom. The van der Waals surface area contributed by atoms with Gasteiger partial charge in [0, 0.05) is 36.6 Å². The largest absolute Gasteiger partial charge is 0.457 e. The number of aromatic nitrogens is 4. The highest BCUT2D eigenvalue weighted by Crippen LogP contribution is 2.29. The van der Waals surface area contributed by atoms with Crippen molar-refractivity contribution in [3.8, 4) is 12.0 Å². The first-order valence-corrected chi connectivity index (χ1v) is 9.66. The Hall–Kier alpha value is -3.75. The van der Waals surface area contributed by atoms with E-state index in [0.29, 0.717) is 23.2 Å². The van der Waals surface area contributed by atoms with E-state index in [1.807, 2.05) is 6.92 Å². The molecule has 164 valence electrons. The second-order valence-electron chi connectivity index (χ2n) is 7.21. The maximum atomic E-state index is 12.9. The second kappa shape index (κ2) is 8.78. The van der Waals surface area contributed by atoms with E-state index in [4.69, 9.17) is 10.00 Å². The molecule has 1 unspecified atom stereocenters. The highest BCUT2D eigenvalue weighted by atomic mass is 19.3. The Bertz CT molecular complexity index is 1200. The zero-order chi connectivity index (χ0) is 22.8. The molecule has 1 aromatic carbocycles. The van der Waals surface area contributed by atoms with Crippen molar-refractivity contribution in [3.63, 3.8) is 0 Å². The Morgan fingerprint density at radius 1 is 1.34 bits per heavy atom. The number of cyclic esters (lactones) is 1. The molecule has 0 amide bonds. The number of ether oxygens (including phenoxy) is 1. The molecule has 3 heterocycles. The zero-order valence-electron chi connectivity index (χ0n) is 16.9. The van der Waals surface area contributed by atoms with Crippen molar-refractivity contribution < 1.29 is 23.4 Å². The number of hydrogen-bond donors (Lipinski definition) is 2. The fraction of sp³-hybridized carbons (Fsp3) is 0.286. The number of carbonyl (C=O) groups is 1. The molecule has 0 spiro atoms. The third-order valence-corrected chi connectivity index (χ3v) is 5.20. The number of fused-ring (bicyclic) bond motifs is 1. The lowest BCUT2D eigenvalue weighted by Gasteiger charge is -2.16. The van der Waals surface area contributed by atoms with Gasteiger partial charge in [0.15, 0.2) is 0 Å². The predicted molar refractivity (Wildman–Crippen MR) is 106 cm³/mol. The molecular formula is C21H18F2N6O3. The minimum atomic E-state index is -2.87. The summed E-state index contributed by atoms with van der Waals surface area (Å²) in [5.74, 6) is -0.294. The van der Waals surface area contributed by atoms with E-state index in [-0.39, 0.29) is 30.6 Å². The molecule has 9 nitrogen and oxygen atoms in total. The maximum Gasteiger partial charge on any atom is 0.338 e. The lowest BCUT2D eigenvalue weighted by Crippen LogP contribution is -2.22. The number of alkyl halides is 2. The normalized spacial score (nSPS) is 13.7. The predicted octanol–water partition coefficient (Wildman–Crippen LogP) is 2.27. The Balaban J connectivity index is 1.37. The lowest BCUT2D eigenvalue weighted by molar-refractivity contribution is 0.0535. The van der Waals surface area contributed by atoms with Crippen LogP contribution in [0.3, 0.4) is 0 Å². The topological polar surface area (TPSA) is 126 Å². The first-order chi connectivity index (χ1) is 15.4. The molecule has 1 aliphatic rings. The molecular weight excluding hydrogens is 422 g/mol. The van der Waals surface area contributed by atoms with Gasteiger partial charge in [-0.05, 0) is 24.1 Å². The zero-order valence-corrected chi connectivity index (χ0v) is 16.9. The Labute approximate surface area is 181 Å². The van der Waals surface area contributed by atoms with Crippen molar-refractivity contribution in [1.82, 2.24) is 25.1 Å². The fourth-order valence-corrected chi connectivity index (χ4v) is 3.49. The van der Waals surface area contributed by atoms with E-state index in [1.165, 1.54) is 12.4 Å². The molecule has 2 N–H and O–H groups in total. The Morgan fingerprint density at radius 2 is 2.09 bits per heavy atom. The van der Waals surface area contributed by atoms with Crippen LogP contribution in [0.25, 0.3) is 5.95 Å². The summed E-state index contributed by atoms with van der Waals surface area (Å²) < 4.78 is 31.9. The number of rotatable bonds is 7. The minimum absolute atomic E-state index is 0.0581. The van der Waals surface area contributed by atoms with Crippen LogP contribution < -0.4 is 5.32 Å². The summed E-state index contributed by atoms with van der Waals surface area (Å²) >= 11 is 0. The molecule has 0 aliphatic carbocycles. The number of aliphatic hydroxyl groups excluding tert-OH is 1. The molecule has 11 heteroatoms. The minimum Gasteiger partial charge on any atom is -0.457 e. The van der Waals surface area contributed by atoms with E-state index in [1.54, 1.807) is 18.2 Å². The van der Waals surface area contributed by atoms with Crippen molar-refractivity contribution in [2.75, 3.05) is 6.54 Å². The summed E-state index contributed by atoms with van der Waals surface area (Å²) in [5.41, 5.74) is 2.71. The van der Waals surface area contributed by atoms with Gasteiger partial charge in [0.25, 0.3) is 6.43 Å². The summed E-state index contributed by atoms with van der Waals surface area (Å²) in [4.78, 5) is 19.8. The summed E-state index contributed by atoms with van der Waals surface area (Å²) in [6, 6.07) is 5.06. The standard InChI is InChI=1S/C21H18F2N6O3/c1-11-14(2-3-15-16(11)10-32-20(15)31)17(30)8-25-5-12-6-26-21(27-7-12)29-9-13(4-24)18(28-29)19(22)23/h2-3,6-7,9,17,19,25,30H,5,8,10H2,1H3. The molecule has 1 aliphatic heterocycles. The number of nitrogens with one attached hydrogen (secondary N) is 1. The molecule has 0 radical (unpaired) electrons. The van der Waals surface area contributed by atoms with Crippen LogP contribution in [-0.2, 0) is 17.9 Å². The van der Waals surface area contributed by atoms with E-state index < -0.39 is 18.2 Å². The molecule has 32 heavy (non-hydrogen) atoms. The molecule has 0 bridgehead atoms. The SMILES string of the molecule is Cc1c(C(O)CNCc2cnc(-n3cc(C#N)c(C(F)F)n3)nc2)ccc2c1COC2=O. The van der Waals surface area contributed by atoms with E-state index >= 15 is 0 Å². The van der Waals surface area contributed by atoms with Crippen LogP contribution in [-0.4, -0.2) is 37.4 Å². The Kier molecular flexibility index (Phi) is 5.89. The number of aliphatic hydroxyl groups is 1. The van der Waals surface area contributed by atoms with Crippen molar-refractivity contribution in [3.05, 3.63) is 69.8 Å². The second-order valence-corrected chi connectivity index (χ2v) is 7.21. The third-order valence-electron chi connectivity index (χ3n) is 5.20. The van der Waals surface area contributed by atoms with Crippen LogP contribution in [0.15, 0.2) is 30.7 Å². The lowest BCUT2D eigenvalue weighted by atomic mass is 9.95. The molecule has 0 fully saturated rings. The molecule has 3 aromatic rings. The highest BCUT2D eigenvalue weighted by Gasteiger charge is 2.25. The van der Waals surface area contributed by atoms with Gasteiger partial charge in [-0.25, -0.2) is 28.2 Å². The monoisotopic (exact) mass is 440 g/mol. The van der Waals surface area contributed by atoms with Gasteiger partial charge in [-0.15, -0.1) is 0 Å². The van der Waals surface area contributed by atoms with Crippen LogP contribution in [0.2, 0.25) is 0 Å². The molecule has 1 atom stereocenters. The van der Waals surface area contributed by atoms with Crippen LogP contribution in [0.1, 0.15) is 56.4 Å². The van der Waals surface area contributed by atoms with Crippen LogP contribution in [0.5, 0.6) is 0 Å². The summed E-state index contributed by atoms with van der Waals surface area (Å²) in [7, 11) is 0. The fourth-order valence-electron chi connectivity index (χ4n) is 3.49. The number of esters is 1. The van der Waals surface area contributed by atoms with Gasteiger partial charge in [-0.3, -0.25) is 0 Å². The van der Waals surface area contributed by atoms with E-state index in [9.17, 15) is 18.7 Å². The first kappa shape index (κ1) is 21.5. The molecule has 0 saturated carbocycles. The van der Waals surface area contributed by atoms with Gasteiger partial charge >= 0.3 is 5.97 Å². The quantitative estimate of drug-likeness (QED) is 0.536. The van der Waals surface area contributed by atoms with Crippen LogP contribution in [0, 0.1) is 18.3 Å². The van der Waals surface area contributed by atoms with Crippen molar-refractivity contribution >= 4 is 5.97 Å². The molecule has 0 saturated heterocycles. The van der Waals surface area contributed by atoms with E-state index in [0.717, 1.165) is 22.0 Å². The number of nitriles is 1. The third kappa shape index (κ3) is 4.05. The van der Waals surface area contributed by atoms with E-state index in [2.05, 4.69) is 20.4 Å². The van der Waals surface area contributed by atoms with Gasteiger partial charge in [0.05, 0.1) is 23.4 Å². The van der Waals surface area contributed by atoms with Crippen molar-refractivity contribution in [2.24, 2.45) is 0 Å². The maximum absolute atomic E-state index is 12.9. The molecule has 2 aromatic heterocycles. The van der Waals surface area contributed by atoms with Gasteiger partial charge in [-0.2, -0.15) is 10.4 Å². The van der Waals surface area contributed by atoms with Gasteiger partial charge in [0.2, 0.25) is 5.95 Å². The van der Waals surface area contributed by atoms with Gasteiger partial charge < -0.3 is 15.2 Å². The number of halogens is 2. The average molecular weight is 440 g/mol. The molecule has 4 rings (SSSR count). The summed E-state index contributed by atoms with van der Waals surface area (Å²) in [6.45, 7) is 2.66. The number of carbonyl (C=O) groups excluding carboxylic acids is 1. The van der Waals surface area contributed by atoms with Gasteiger partial charge in [0.1, 0.15) is 18.4 Å². The number of nitrogens with zero attached hydrogens (tertiary/aromatic N) is 5. The average Bonchev–Trinajstić information content (AvgIpc) is 3.39. The van der Waals surface area contributed by atoms with Crippen LogP contribution in [0.4, 0.5) is 8.78 Å². The number of hydrogen-bond acceptors (Lipinski definition) is 8.